The Labute approximate surface area is 85.8 Å². The first-order valence-corrected chi connectivity index (χ1v) is 5.61. The smallest absolute Gasteiger partial charge is 0.230 e. The number of nitrogens with zero attached hydrogens (tertiary/aromatic N) is 1. The number of amides is 1. The van der Waals surface area contributed by atoms with Gasteiger partial charge in [0.05, 0.1) is 5.41 Å². The molecule has 1 N–H and O–H groups in total. The Bertz CT molecular complexity index is 231. The summed E-state index contributed by atoms with van der Waals surface area (Å²) in [5, 5.41) is 3.13. The van der Waals surface area contributed by atoms with Crippen molar-refractivity contribution >= 4 is 5.91 Å². The normalized spacial score (nSPS) is 24.1. The zero-order chi connectivity index (χ0) is 10.2. The van der Waals surface area contributed by atoms with E-state index in [-0.39, 0.29) is 5.41 Å². The molecule has 0 unspecified atom stereocenters. The lowest BCUT2D eigenvalue weighted by Gasteiger charge is -2.37. The molecule has 0 aliphatic heterocycles. The first-order valence-electron chi connectivity index (χ1n) is 5.61. The molecule has 0 radical (unpaired) electrons. The molecule has 3 heteroatoms. The molecule has 2 rings (SSSR count). The van der Waals surface area contributed by atoms with Gasteiger partial charge in [-0.3, -0.25) is 4.79 Å². The van der Waals surface area contributed by atoms with Crippen molar-refractivity contribution in [2.75, 3.05) is 20.6 Å². The van der Waals surface area contributed by atoms with Crippen LogP contribution in [-0.2, 0) is 4.79 Å². The highest BCUT2D eigenvalue weighted by Gasteiger charge is 2.51. The van der Waals surface area contributed by atoms with Gasteiger partial charge in [-0.25, -0.2) is 0 Å². The SMILES string of the molecule is CNCC1(C(=O)N(C)C2CCC2)CC1. The van der Waals surface area contributed by atoms with Crippen LogP contribution in [0.25, 0.3) is 0 Å². The average molecular weight is 196 g/mol. The monoisotopic (exact) mass is 196 g/mol. The van der Waals surface area contributed by atoms with Crippen LogP contribution in [0.1, 0.15) is 32.1 Å². The molecule has 2 saturated carbocycles. The molecule has 2 fully saturated rings. The van der Waals surface area contributed by atoms with E-state index in [9.17, 15) is 4.79 Å². The predicted molar refractivity (Wildman–Crippen MR) is 56.0 cm³/mol. The molecule has 14 heavy (non-hydrogen) atoms. The van der Waals surface area contributed by atoms with Gasteiger partial charge < -0.3 is 10.2 Å². The maximum Gasteiger partial charge on any atom is 0.230 e. The second kappa shape index (κ2) is 3.54. The van der Waals surface area contributed by atoms with Crippen LogP contribution in [-0.4, -0.2) is 37.5 Å². The summed E-state index contributed by atoms with van der Waals surface area (Å²) in [5.41, 5.74) is -0.0287. The minimum Gasteiger partial charge on any atom is -0.342 e. The Kier molecular flexibility index (Phi) is 2.52. The summed E-state index contributed by atoms with van der Waals surface area (Å²) in [6, 6.07) is 0.539. The average Bonchev–Trinajstić information content (AvgIpc) is 2.82. The topological polar surface area (TPSA) is 32.3 Å². The molecule has 80 valence electrons. The lowest BCUT2D eigenvalue weighted by Crippen LogP contribution is -2.46. The molecule has 0 atom stereocenters. The van der Waals surface area contributed by atoms with E-state index in [1.165, 1.54) is 19.3 Å². The van der Waals surface area contributed by atoms with Crippen LogP contribution in [0.4, 0.5) is 0 Å². The highest BCUT2D eigenvalue weighted by molar-refractivity contribution is 5.85. The van der Waals surface area contributed by atoms with Gasteiger partial charge in [0.2, 0.25) is 5.91 Å². The van der Waals surface area contributed by atoms with E-state index in [2.05, 4.69) is 5.32 Å². The van der Waals surface area contributed by atoms with Gasteiger partial charge in [-0.1, -0.05) is 0 Å². The molecule has 2 aliphatic rings. The molecule has 2 aliphatic carbocycles. The van der Waals surface area contributed by atoms with Gasteiger partial charge in [-0.15, -0.1) is 0 Å². The van der Waals surface area contributed by atoms with E-state index in [4.69, 9.17) is 0 Å². The Morgan fingerprint density at radius 2 is 2.14 bits per heavy atom. The van der Waals surface area contributed by atoms with Crippen LogP contribution in [0.15, 0.2) is 0 Å². The molecular formula is C11H20N2O. The Morgan fingerprint density at radius 1 is 1.50 bits per heavy atom. The number of nitrogens with one attached hydrogen (secondary N) is 1. The number of rotatable bonds is 4. The summed E-state index contributed by atoms with van der Waals surface area (Å²) in [6.07, 6.45) is 5.85. The highest BCUT2D eigenvalue weighted by atomic mass is 16.2. The molecule has 0 saturated heterocycles. The fraction of sp³-hybridized carbons (Fsp3) is 0.909. The molecule has 3 nitrogen and oxygen atoms in total. The van der Waals surface area contributed by atoms with Gasteiger partial charge in [0, 0.05) is 19.6 Å². The number of hydrogen-bond donors (Lipinski definition) is 1. The van der Waals surface area contributed by atoms with Gasteiger partial charge in [-0.2, -0.15) is 0 Å². The van der Waals surface area contributed by atoms with Crippen LogP contribution in [0, 0.1) is 5.41 Å². The summed E-state index contributed by atoms with van der Waals surface area (Å²) < 4.78 is 0. The minimum atomic E-state index is -0.0287. The summed E-state index contributed by atoms with van der Waals surface area (Å²) in [7, 11) is 3.90. The third-order valence-electron chi connectivity index (χ3n) is 3.77. The van der Waals surface area contributed by atoms with E-state index in [1.807, 2.05) is 19.0 Å². The van der Waals surface area contributed by atoms with Crippen molar-refractivity contribution in [3.63, 3.8) is 0 Å². The maximum absolute atomic E-state index is 12.1. The van der Waals surface area contributed by atoms with E-state index in [0.29, 0.717) is 11.9 Å². The Balaban J connectivity index is 1.93. The van der Waals surface area contributed by atoms with E-state index in [0.717, 1.165) is 19.4 Å². The summed E-state index contributed by atoms with van der Waals surface area (Å²) in [5.74, 6) is 0.372. The van der Waals surface area contributed by atoms with Crippen molar-refractivity contribution in [2.24, 2.45) is 5.41 Å². The largest absolute Gasteiger partial charge is 0.342 e. The van der Waals surface area contributed by atoms with Gasteiger partial charge in [0.15, 0.2) is 0 Å². The Morgan fingerprint density at radius 3 is 2.50 bits per heavy atom. The fourth-order valence-electron chi connectivity index (χ4n) is 2.27. The molecule has 0 spiro atoms. The van der Waals surface area contributed by atoms with Gasteiger partial charge in [0.25, 0.3) is 0 Å². The van der Waals surface area contributed by atoms with Crippen molar-refractivity contribution in [1.82, 2.24) is 10.2 Å². The molecular weight excluding hydrogens is 176 g/mol. The van der Waals surface area contributed by atoms with Crippen LogP contribution < -0.4 is 5.32 Å². The molecule has 0 aromatic heterocycles. The highest BCUT2D eigenvalue weighted by Crippen LogP contribution is 2.47. The van der Waals surface area contributed by atoms with Gasteiger partial charge >= 0.3 is 0 Å². The quantitative estimate of drug-likeness (QED) is 0.727. The molecule has 1 amide bonds. The zero-order valence-corrected chi connectivity index (χ0v) is 9.18. The molecule has 0 bridgehead atoms. The lowest BCUT2D eigenvalue weighted by atomic mass is 9.90. The third kappa shape index (κ3) is 1.54. The summed E-state index contributed by atoms with van der Waals surface area (Å²) in [4.78, 5) is 14.1. The number of carbonyl (C=O) groups is 1. The zero-order valence-electron chi connectivity index (χ0n) is 9.18. The summed E-state index contributed by atoms with van der Waals surface area (Å²) >= 11 is 0. The molecule has 0 aromatic carbocycles. The predicted octanol–water partition coefficient (Wildman–Crippen LogP) is 0.997. The molecule has 0 aromatic rings. The summed E-state index contributed by atoms with van der Waals surface area (Å²) in [6.45, 7) is 0.850. The van der Waals surface area contributed by atoms with E-state index < -0.39 is 0 Å². The van der Waals surface area contributed by atoms with Crippen molar-refractivity contribution < 1.29 is 4.79 Å². The standard InChI is InChI=1S/C11H20N2O/c1-12-8-11(6-7-11)10(14)13(2)9-4-3-5-9/h9,12H,3-8H2,1-2H3. The van der Waals surface area contributed by atoms with Crippen LogP contribution in [0.3, 0.4) is 0 Å². The van der Waals surface area contributed by atoms with Crippen LogP contribution >= 0.6 is 0 Å². The first kappa shape index (κ1) is 9.97. The van der Waals surface area contributed by atoms with E-state index >= 15 is 0 Å². The number of carbonyl (C=O) groups excluding carboxylic acids is 1. The lowest BCUT2D eigenvalue weighted by molar-refractivity contribution is -0.139. The first-order chi connectivity index (χ1) is 6.69. The second-order valence-electron chi connectivity index (χ2n) is 4.81. The second-order valence-corrected chi connectivity index (χ2v) is 4.81. The van der Waals surface area contributed by atoms with Crippen LogP contribution in [0.5, 0.6) is 0 Å². The Hall–Kier alpha value is -0.570. The maximum atomic E-state index is 12.1. The van der Waals surface area contributed by atoms with Gasteiger partial charge in [0.1, 0.15) is 0 Å². The van der Waals surface area contributed by atoms with Crippen molar-refractivity contribution in [1.29, 1.82) is 0 Å². The number of hydrogen-bond acceptors (Lipinski definition) is 2. The van der Waals surface area contributed by atoms with Crippen molar-refractivity contribution in [2.45, 2.75) is 38.1 Å². The minimum absolute atomic E-state index is 0.0287. The van der Waals surface area contributed by atoms with Crippen molar-refractivity contribution in [3.8, 4) is 0 Å². The van der Waals surface area contributed by atoms with Crippen LogP contribution in [0.2, 0.25) is 0 Å². The fourth-order valence-corrected chi connectivity index (χ4v) is 2.27. The van der Waals surface area contributed by atoms with Crippen molar-refractivity contribution in [3.05, 3.63) is 0 Å². The van der Waals surface area contributed by atoms with Gasteiger partial charge in [-0.05, 0) is 39.2 Å². The third-order valence-corrected chi connectivity index (χ3v) is 3.77. The molecule has 0 heterocycles. The van der Waals surface area contributed by atoms with E-state index in [1.54, 1.807) is 0 Å².